The van der Waals surface area contributed by atoms with Gasteiger partial charge in [-0.2, -0.15) is 14.7 Å². The van der Waals surface area contributed by atoms with Crippen molar-refractivity contribution < 1.29 is 70.2 Å². The summed E-state index contributed by atoms with van der Waals surface area (Å²) in [5, 5.41) is 12.4. The van der Waals surface area contributed by atoms with E-state index in [4.69, 9.17) is 11.4 Å². The first-order valence-corrected chi connectivity index (χ1v) is 8.63. The molecular weight excluding hydrogens is 411 g/mol. The molecule has 3 aliphatic heterocycles. The van der Waals surface area contributed by atoms with Crippen molar-refractivity contribution in [3.05, 3.63) is 37.0 Å². The lowest BCUT2D eigenvalue weighted by molar-refractivity contribution is -0.505. The molecule has 0 saturated heterocycles. The molecule has 0 spiro atoms. The average Bonchev–Trinajstić information content (AvgIpc) is 2.75. The summed E-state index contributed by atoms with van der Waals surface area (Å²) in [4.78, 5) is 62.5. The Bertz CT molecular complexity index is 584. The van der Waals surface area contributed by atoms with Crippen molar-refractivity contribution in [3.63, 3.8) is 0 Å². The highest BCUT2D eigenvalue weighted by Crippen LogP contribution is 2.12. The lowest BCUT2D eigenvalue weighted by Gasteiger charge is -2.20. The van der Waals surface area contributed by atoms with Crippen molar-refractivity contribution in [3.8, 4) is 0 Å². The van der Waals surface area contributed by atoms with Gasteiger partial charge in [-0.1, -0.05) is 0 Å². The van der Waals surface area contributed by atoms with E-state index in [9.17, 15) is 14.4 Å². The molecule has 0 aliphatic carbocycles. The molecule has 0 N–H and O–H groups in total. The third-order valence-corrected chi connectivity index (χ3v) is 4.08. The maximum atomic E-state index is 12.1. The zero-order chi connectivity index (χ0) is 19.8. The van der Waals surface area contributed by atoms with E-state index in [0.717, 1.165) is 37.0 Å². The first-order valence-electron chi connectivity index (χ1n) is 7.21. The summed E-state index contributed by atoms with van der Waals surface area (Å²) in [5.41, 5.74) is 0. The molecule has 0 amide bonds. The van der Waals surface area contributed by atoms with Crippen LogP contribution in [-0.4, -0.2) is 51.4 Å². The minimum Gasteiger partial charge on any atom is -0.548 e. The summed E-state index contributed by atoms with van der Waals surface area (Å²) in [6.07, 6.45) is 2.26. The number of rotatable bonds is 6. The summed E-state index contributed by atoms with van der Waals surface area (Å²) >= 11 is -3.80. The van der Waals surface area contributed by atoms with Gasteiger partial charge in [-0.05, 0) is 33.3 Å². The predicted molar refractivity (Wildman–Crippen MR) is 72.6 cm³/mol. The molecule has 0 aromatic heterocycles. The largest absolute Gasteiger partial charge is 1.20 e. The van der Waals surface area contributed by atoms with Gasteiger partial charge in [0.05, 0.1) is 0 Å². The molecule has 0 fully saturated rings. The summed E-state index contributed by atoms with van der Waals surface area (Å²) in [7, 11) is 0. The zero-order valence-corrected chi connectivity index (χ0v) is 14.6. The van der Waals surface area contributed by atoms with Crippen LogP contribution < -0.4 is 0 Å². The van der Waals surface area contributed by atoms with Gasteiger partial charge in [0.1, 0.15) is 18.8 Å². The molecule has 3 heterocycles. The van der Waals surface area contributed by atoms with Gasteiger partial charge in [0.15, 0.2) is 0 Å². The normalized spacial score (nSPS) is 25.5. The molecule has 0 aromatic rings. The third kappa shape index (κ3) is 5.66. The highest BCUT2D eigenvalue weighted by molar-refractivity contribution is 6.44. The Labute approximate surface area is 159 Å². The Morgan fingerprint density at radius 3 is 1.18 bits per heavy atom. The second-order valence-electron chi connectivity index (χ2n) is 4.63. The van der Waals surface area contributed by atoms with Gasteiger partial charge in [0, 0.05) is 0 Å². The molecular formula is C12H9AlO15. The first kappa shape index (κ1) is 20.1. The molecule has 3 atom stereocenters. The molecule has 28 heavy (non-hydrogen) atoms. The van der Waals surface area contributed by atoms with Crippen LogP contribution in [0.4, 0.5) is 0 Å². The monoisotopic (exact) mass is 420 g/mol. The van der Waals surface area contributed by atoms with Crippen LogP contribution in [0.1, 0.15) is 0 Å². The number of hydrogen-bond acceptors (Lipinski definition) is 15. The molecule has 0 bridgehead atoms. The van der Waals surface area contributed by atoms with E-state index in [1.165, 1.54) is 0 Å². The standard InChI is InChI=1S/3C4H4O5.Al/c3*5-4(6)3-1-2-7-9-8-3;/h3*1-3H,(H,5,6);/q;;;+3/p-3. The third-order valence-electron chi connectivity index (χ3n) is 2.81. The van der Waals surface area contributed by atoms with Crippen LogP contribution in [0.5, 0.6) is 0 Å². The lowest BCUT2D eigenvalue weighted by Crippen LogP contribution is -2.43. The predicted octanol–water partition coefficient (Wildman–Crippen LogP) is -1.07. The molecule has 0 radical (unpaired) electrons. The summed E-state index contributed by atoms with van der Waals surface area (Å²) in [6.45, 7) is 0. The van der Waals surface area contributed by atoms with Crippen LogP contribution in [0.3, 0.4) is 0 Å². The summed E-state index contributed by atoms with van der Waals surface area (Å²) in [5.74, 6) is -3.30. The Morgan fingerprint density at radius 1 is 0.607 bits per heavy atom. The van der Waals surface area contributed by atoms with Gasteiger partial charge in [-0.15, -0.1) is 0 Å². The SMILES string of the molecule is O=C([O][Al]([O]C(=O)C1C=COOO1)[O]C(=O)C1C=COOO1)C1C=COOO1. The highest BCUT2D eigenvalue weighted by atomic mass is 27.3. The van der Waals surface area contributed by atoms with Gasteiger partial charge < -0.3 is 26.0 Å². The average molecular weight is 420 g/mol. The van der Waals surface area contributed by atoms with Crippen LogP contribution in [-0.2, 0) is 70.2 Å². The molecule has 3 aliphatic rings. The molecule has 15 nitrogen and oxygen atoms in total. The zero-order valence-electron chi connectivity index (χ0n) is 13.4. The molecule has 150 valence electrons. The number of hydrogen-bond donors (Lipinski definition) is 0. The van der Waals surface area contributed by atoms with Gasteiger partial charge in [-0.25, -0.2) is 0 Å². The van der Waals surface area contributed by atoms with Crippen LogP contribution in [0, 0.1) is 0 Å². The maximum Gasteiger partial charge on any atom is 1.20 e. The smallest absolute Gasteiger partial charge is 0.548 e. The van der Waals surface area contributed by atoms with E-state index < -0.39 is 51.4 Å². The lowest BCUT2D eigenvalue weighted by atomic mass is 10.4. The van der Waals surface area contributed by atoms with E-state index >= 15 is 0 Å². The fourth-order valence-corrected chi connectivity index (χ4v) is 2.70. The van der Waals surface area contributed by atoms with Crippen molar-refractivity contribution in [2.75, 3.05) is 0 Å². The fourth-order valence-electron chi connectivity index (χ4n) is 1.58. The number of carbonyl (C=O) groups excluding carboxylic acids is 3. The van der Waals surface area contributed by atoms with Crippen molar-refractivity contribution in [2.24, 2.45) is 0 Å². The molecule has 3 unspecified atom stereocenters. The van der Waals surface area contributed by atoms with Crippen LogP contribution in [0.25, 0.3) is 0 Å². The highest BCUT2D eigenvalue weighted by Gasteiger charge is 2.52. The van der Waals surface area contributed by atoms with Gasteiger partial charge in [-0.3, -0.25) is 14.4 Å². The molecule has 16 heteroatoms. The van der Waals surface area contributed by atoms with Crippen LogP contribution in [0.2, 0.25) is 0 Å². The van der Waals surface area contributed by atoms with E-state index in [2.05, 4.69) is 44.4 Å². The Kier molecular flexibility index (Phi) is 7.19. The van der Waals surface area contributed by atoms with Crippen LogP contribution >= 0.6 is 0 Å². The van der Waals surface area contributed by atoms with E-state index in [1.54, 1.807) is 0 Å². The minimum atomic E-state index is -3.80. The van der Waals surface area contributed by atoms with Gasteiger partial charge >= 0.3 is 33.1 Å². The second kappa shape index (κ2) is 10.0. The second-order valence-corrected chi connectivity index (χ2v) is 5.91. The Balaban J connectivity index is 1.64. The van der Waals surface area contributed by atoms with E-state index in [1.807, 2.05) is 0 Å². The summed E-state index contributed by atoms with van der Waals surface area (Å²) < 4.78 is 14.7. The van der Waals surface area contributed by atoms with Gasteiger partial charge in [0.2, 0.25) is 18.3 Å². The summed E-state index contributed by atoms with van der Waals surface area (Å²) in [6, 6.07) is 0. The molecule has 0 aromatic carbocycles. The van der Waals surface area contributed by atoms with Crippen molar-refractivity contribution in [1.82, 2.24) is 0 Å². The quantitative estimate of drug-likeness (QED) is 0.377. The Hall–Kier alpha value is -2.68. The van der Waals surface area contributed by atoms with Crippen molar-refractivity contribution in [1.29, 1.82) is 0 Å². The fraction of sp³-hybridized carbons (Fsp3) is 0.250. The molecule has 3 rings (SSSR count). The van der Waals surface area contributed by atoms with Crippen molar-refractivity contribution in [2.45, 2.75) is 18.3 Å². The van der Waals surface area contributed by atoms with Crippen molar-refractivity contribution >= 4 is 33.1 Å². The molecule has 0 saturated carbocycles. The maximum absolute atomic E-state index is 12.1. The van der Waals surface area contributed by atoms with E-state index in [0.29, 0.717) is 0 Å². The number of carbonyl (C=O) groups is 3. The van der Waals surface area contributed by atoms with Gasteiger partial charge in [0.25, 0.3) is 0 Å². The van der Waals surface area contributed by atoms with E-state index in [-0.39, 0.29) is 0 Å². The minimum absolute atomic E-state index is 1.00. The first-order chi connectivity index (χ1) is 13.6. The topological polar surface area (TPSA) is 162 Å². The Morgan fingerprint density at radius 2 is 0.929 bits per heavy atom. The van der Waals surface area contributed by atoms with Crippen LogP contribution in [0.15, 0.2) is 37.0 Å².